The second kappa shape index (κ2) is 6.08. The Hall–Kier alpha value is -0.160. The highest BCUT2D eigenvalue weighted by atomic mass is 15.4. The predicted octanol–water partition coefficient (Wildman–Crippen LogP) is 0.996. The summed E-state index contributed by atoms with van der Waals surface area (Å²) in [6.45, 7) is 19.1. The van der Waals surface area contributed by atoms with Gasteiger partial charge >= 0.3 is 0 Å². The van der Waals surface area contributed by atoms with Gasteiger partial charge in [0.2, 0.25) is 0 Å². The minimum absolute atomic E-state index is 0.213. The van der Waals surface area contributed by atoms with Crippen molar-refractivity contribution in [2.24, 2.45) is 0 Å². The number of rotatable bonds is 3. The first-order valence-electron chi connectivity index (χ1n) is 7.84. The van der Waals surface area contributed by atoms with Crippen LogP contribution >= 0.6 is 0 Å². The van der Waals surface area contributed by atoms with Crippen molar-refractivity contribution < 1.29 is 0 Å². The molecular formula is C15H32N4. The van der Waals surface area contributed by atoms with Crippen LogP contribution in [0.4, 0.5) is 0 Å². The lowest BCUT2D eigenvalue weighted by molar-refractivity contribution is -0.0738. The van der Waals surface area contributed by atoms with Gasteiger partial charge in [0.15, 0.2) is 0 Å². The molecule has 112 valence electrons. The molecule has 2 aliphatic heterocycles. The fraction of sp³-hybridized carbons (Fsp3) is 1.00. The maximum absolute atomic E-state index is 2.68. The van der Waals surface area contributed by atoms with E-state index in [1.165, 1.54) is 52.4 Å². The number of nitrogens with zero attached hydrogens (tertiary/aromatic N) is 4. The first kappa shape index (κ1) is 15.2. The summed E-state index contributed by atoms with van der Waals surface area (Å²) in [6.07, 6.45) is 0. The molecule has 0 unspecified atom stereocenters. The average molecular weight is 268 g/mol. The molecule has 0 aromatic rings. The van der Waals surface area contributed by atoms with E-state index in [2.05, 4.69) is 54.3 Å². The molecule has 0 aliphatic carbocycles. The lowest BCUT2D eigenvalue weighted by Gasteiger charge is -2.52. The van der Waals surface area contributed by atoms with Crippen LogP contribution in [-0.2, 0) is 0 Å². The van der Waals surface area contributed by atoms with Gasteiger partial charge < -0.3 is 4.90 Å². The van der Waals surface area contributed by atoms with Crippen molar-refractivity contribution in [3.8, 4) is 0 Å². The third-order valence-corrected chi connectivity index (χ3v) is 5.10. The molecule has 0 radical (unpaired) electrons. The first-order chi connectivity index (χ1) is 8.91. The lowest BCUT2D eigenvalue weighted by atomic mass is 10.1. The Balaban J connectivity index is 1.90. The number of hydrogen-bond donors (Lipinski definition) is 0. The highest BCUT2D eigenvalue weighted by molar-refractivity contribution is 4.88. The topological polar surface area (TPSA) is 13.0 Å². The van der Waals surface area contributed by atoms with Gasteiger partial charge in [0, 0.05) is 58.4 Å². The zero-order valence-corrected chi connectivity index (χ0v) is 13.5. The number of piperazine rings is 2. The molecule has 0 N–H and O–H groups in total. The van der Waals surface area contributed by atoms with Crippen LogP contribution in [0.3, 0.4) is 0 Å². The van der Waals surface area contributed by atoms with Gasteiger partial charge in [-0.05, 0) is 34.7 Å². The fourth-order valence-corrected chi connectivity index (χ4v) is 3.34. The second-order valence-corrected chi connectivity index (χ2v) is 6.90. The predicted molar refractivity (Wildman–Crippen MR) is 81.4 cm³/mol. The summed E-state index contributed by atoms with van der Waals surface area (Å²) in [7, 11) is 2.23. The molecule has 0 aromatic carbocycles. The second-order valence-electron chi connectivity index (χ2n) is 6.90. The summed E-state index contributed by atoms with van der Waals surface area (Å²) in [5.41, 5.74) is 0.213. The van der Waals surface area contributed by atoms with Crippen molar-refractivity contribution >= 4 is 0 Å². The average Bonchev–Trinajstić information content (AvgIpc) is 2.39. The van der Waals surface area contributed by atoms with E-state index in [0.29, 0.717) is 6.04 Å². The van der Waals surface area contributed by atoms with Gasteiger partial charge in [-0.3, -0.25) is 14.7 Å². The van der Waals surface area contributed by atoms with Crippen LogP contribution in [0.15, 0.2) is 0 Å². The molecule has 0 atom stereocenters. The van der Waals surface area contributed by atoms with Crippen molar-refractivity contribution in [1.29, 1.82) is 0 Å². The van der Waals surface area contributed by atoms with Gasteiger partial charge in [0.25, 0.3) is 0 Å². The number of hydrogen-bond acceptors (Lipinski definition) is 4. The quantitative estimate of drug-likeness (QED) is 0.757. The van der Waals surface area contributed by atoms with Crippen molar-refractivity contribution in [3.63, 3.8) is 0 Å². The molecule has 4 heteroatoms. The Morgan fingerprint density at radius 3 is 1.58 bits per heavy atom. The Labute approximate surface area is 119 Å². The van der Waals surface area contributed by atoms with Crippen LogP contribution in [-0.4, -0.2) is 90.7 Å². The van der Waals surface area contributed by atoms with Gasteiger partial charge in [-0.15, -0.1) is 0 Å². The van der Waals surface area contributed by atoms with Gasteiger partial charge in [0.05, 0.1) is 5.66 Å². The fourth-order valence-electron chi connectivity index (χ4n) is 3.34. The van der Waals surface area contributed by atoms with Crippen LogP contribution in [0.2, 0.25) is 0 Å². The van der Waals surface area contributed by atoms with Crippen LogP contribution in [0, 0.1) is 0 Å². The van der Waals surface area contributed by atoms with Gasteiger partial charge in [0.1, 0.15) is 0 Å². The molecule has 2 aliphatic rings. The van der Waals surface area contributed by atoms with Crippen molar-refractivity contribution in [2.75, 3.05) is 59.4 Å². The van der Waals surface area contributed by atoms with Crippen LogP contribution < -0.4 is 0 Å². The lowest BCUT2D eigenvalue weighted by Crippen LogP contribution is -2.65. The zero-order chi connectivity index (χ0) is 14.0. The molecule has 19 heavy (non-hydrogen) atoms. The third-order valence-electron chi connectivity index (χ3n) is 5.10. The molecule has 0 spiro atoms. The highest BCUT2D eigenvalue weighted by Gasteiger charge is 2.36. The van der Waals surface area contributed by atoms with E-state index >= 15 is 0 Å². The Morgan fingerprint density at radius 1 is 0.737 bits per heavy atom. The van der Waals surface area contributed by atoms with E-state index in [4.69, 9.17) is 0 Å². The van der Waals surface area contributed by atoms with Crippen molar-refractivity contribution in [2.45, 2.75) is 39.4 Å². The smallest absolute Gasteiger partial charge is 0.0681 e. The van der Waals surface area contributed by atoms with E-state index in [9.17, 15) is 0 Å². The van der Waals surface area contributed by atoms with Crippen molar-refractivity contribution in [3.05, 3.63) is 0 Å². The summed E-state index contributed by atoms with van der Waals surface area (Å²) < 4.78 is 0. The minimum Gasteiger partial charge on any atom is -0.304 e. The third kappa shape index (κ3) is 3.48. The van der Waals surface area contributed by atoms with E-state index in [1.807, 2.05) is 0 Å². The summed E-state index contributed by atoms with van der Waals surface area (Å²) in [6, 6.07) is 0.689. The summed E-state index contributed by atoms with van der Waals surface area (Å²) >= 11 is 0. The van der Waals surface area contributed by atoms with E-state index in [1.54, 1.807) is 0 Å². The monoisotopic (exact) mass is 268 g/mol. The molecule has 4 nitrogen and oxygen atoms in total. The zero-order valence-electron chi connectivity index (χ0n) is 13.5. The Kier molecular flexibility index (Phi) is 4.88. The van der Waals surface area contributed by atoms with Gasteiger partial charge in [-0.25, -0.2) is 0 Å². The summed E-state index contributed by atoms with van der Waals surface area (Å²) in [5.74, 6) is 0. The standard InChI is InChI=1S/C15H32N4/c1-14(2)17-8-12-19(13-9-17)15(3,4)18-10-6-16(5)7-11-18/h14H,6-13H2,1-5H3. The first-order valence-corrected chi connectivity index (χ1v) is 7.84. The molecule has 2 heterocycles. The van der Waals surface area contributed by atoms with Gasteiger partial charge in [-0.1, -0.05) is 0 Å². The molecular weight excluding hydrogens is 236 g/mol. The molecule has 0 saturated carbocycles. The summed E-state index contributed by atoms with van der Waals surface area (Å²) in [5, 5.41) is 0. The minimum atomic E-state index is 0.213. The van der Waals surface area contributed by atoms with Crippen LogP contribution in [0.5, 0.6) is 0 Å². The molecule has 2 rings (SSSR count). The van der Waals surface area contributed by atoms with E-state index < -0.39 is 0 Å². The Morgan fingerprint density at radius 2 is 1.16 bits per heavy atom. The van der Waals surface area contributed by atoms with Crippen molar-refractivity contribution in [1.82, 2.24) is 19.6 Å². The normalized spacial score (nSPS) is 26.2. The van der Waals surface area contributed by atoms with Gasteiger partial charge in [-0.2, -0.15) is 0 Å². The molecule has 0 aromatic heterocycles. The largest absolute Gasteiger partial charge is 0.304 e. The SMILES string of the molecule is CC(C)N1CCN(C(C)(C)N2CCN(C)CC2)CC1. The highest BCUT2D eigenvalue weighted by Crippen LogP contribution is 2.23. The Bertz CT molecular complexity index is 274. The molecule has 0 bridgehead atoms. The molecule has 2 fully saturated rings. The maximum Gasteiger partial charge on any atom is 0.0681 e. The maximum atomic E-state index is 2.68. The van der Waals surface area contributed by atoms with Crippen LogP contribution in [0.1, 0.15) is 27.7 Å². The summed E-state index contributed by atoms with van der Waals surface area (Å²) in [4.78, 5) is 10.4. The van der Waals surface area contributed by atoms with E-state index in [-0.39, 0.29) is 5.66 Å². The molecule has 0 amide bonds. The number of likely N-dealkylation sites (N-methyl/N-ethyl adjacent to an activating group) is 1. The van der Waals surface area contributed by atoms with Crippen LogP contribution in [0.25, 0.3) is 0 Å². The van der Waals surface area contributed by atoms with E-state index in [0.717, 1.165) is 0 Å². The molecule has 2 saturated heterocycles.